The Kier molecular flexibility index (Phi) is 4.09. The molecule has 6 heteroatoms. The van der Waals surface area contributed by atoms with Crippen LogP contribution in [0.4, 0.5) is 5.69 Å². The molecule has 1 atom stereocenters. The molecule has 122 valence electrons. The number of pyridine rings is 1. The van der Waals surface area contributed by atoms with Crippen molar-refractivity contribution in [1.82, 2.24) is 4.57 Å². The zero-order chi connectivity index (χ0) is 16.6. The van der Waals surface area contributed by atoms with Crippen molar-refractivity contribution in [3.8, 4) is 0 Å². The van der Waals surface area contributed by atoms with E-state index >= 15 is 0 Å². The Balaban J connectivity index is 2.07. The van der Waals surface area contributed by atoms with Gasteiger partial charge in [0.05, 0.1) is 5.52 Å². The molecule has 1 unspecified atom stereocenters. The van der Waals surface area contributed by atoms with Crippen molar-refractivity contribution in [1.29, 1.82) is 0 Å². The highest BCUT2D eigenvalue weighted by Crippen LogP contribution is 2.37. The topological polar surface area (TPSA) is 97.3 Å². The molecule has 6 nitrogen and oxygen atoms in total. The number of hydrogen-bond donors (Lipinski definition) is 3. The van der Waals surface area contributed by atoms with Gasteiger partial charge in [0.1, 0.15) is 5.56 Å². The van der Waals surface area contributed by atoms with Gasteiger partial charge >= 0.3 is 5.97 Å². The van der Waals surface area contributed by atoms with Crippen LogP contribution in [-0.2, 0) is 0 Å². The number of carboxylic acids is 1. The van der Waals surface area contributed by atoms with Crippen LogP contribution in [0.1, 0.15) is 42.6 Å². The van der Waals surface area contributed by atoms with E-state index in [9.17, 15) is 14.7 Å². The normalized spacial score (nSPS) is 15.6. The highest BCUT2D eigenvalue weighted by Gasteiger charge is 2.26. The number of fused-ring (bicyclic) bond motifs is 1. The molecule has 0 amide bonds. The first kappa shape index (κ1) is 15.6. The summed E-state index contributed by atoms with van der Waals surface area (Å²) in [6, 6.07) is 5.76. The summed E-state index contributed by atoms with van der Waals surface area (Å²) >= 11 is 0. The van der Waals surface area contributed by atoms with Gasteiger partial charge in [0, 0.05) is 35.9 Å². The summed E-state index contributed by atoms with van der Waals surface area (Å²) in [5.74, 6) is -1.18. The number of carboxylic acid groups (broad SMARTS) is 1. The number of nitrogens with zero attached hydrogens (tertiary/aromatic N) is 1. The molecule has 1 aliphatic rings. The van der Waals surface area contributed by atoms with Gasteiger partial charge in [0.2, 0.25) is 5.43 Å². The molecule has 1 fully saturated rings. The van der Waals surface area contributed by atoms with E-state index < -0.39 is 11.4 Å². The van der Waals surface area contributed by atoms with Gasteiger partial charge in [-0.3, -0.25) is 4.79 Å². The van der Waals surface area contributed by atoms with Gasteiger partial charge in [0.15, 0.2) is 0 Å². The average molecular weight is 315 g/mol. The van der Waals surface area contributed by atoms with Crippen molar-refractivity contribution in [3.63, 3.8) is 0 Å². The third-order valence-corrected chi connectivity index (χ3v) is 4.30. The van der Waals surface area contributed by atoms with Gasteiger partial charge in [-0.25, -0.2) is 4.79 Å². The van der Waals surface area contributed by atoms with Crippen LogP contribution in [-0.4, -0.2) is 28.2 Å². The van der Waals surface area contributed by atoms with Crippen LogP contribution < -0.4 is 16.5 Å². The third-order valence-electron chi connectivity index (χ3n) is 4.30. The maximum Gasteiger partial charge on any atom is 0.341 e. The molecule has 4 N–H and O–H groups in total. The predicted molar refractivity (Wildman–Crippen MR) is 90.2 cm³/mol. The molecule has 23 heavy (non-hydrogen) atoms. The van der Waals surface area contributed by atoms with Crippen LogP contribution >= 0.6 is 0 Å². The molecule has 0 saturated heterocycles. The smallest absolute Gasteiger partial charge is 0.341 e. The lowest BCUT2D eigenvalue weighted by Crippen LogP contribution is -2.28. The summed E-state index contributed by atoms with van der Waals surface area (Å²) in [4.78, 5) is 23.7. The van der Waals surface area contributed by atoms with Crippen molar-refractivity contribution in [3.05, 3.63) is 40.2 Å². The van der Waals surface area contributed by atoms with Gasteiger partial charge in [-0.05, 0) is 37.5 Å². The SMILES string of the molecule is CCC(N)CNc1ccc2c(=O)c(C(=O)O)cn(C3CC3)c2c1. The molecule has 1 aromatic carbocycles. The molecular formula is C17H21N3O3. The van der Waals surface area contributed by atoms with E-state index in [2.05, 4.69) is 5.32 Å². The molecule has 0 spiro atoms. The van der Waals surface area contributed by atoms with Crippen molar-refractivity contribution in [2.75, 3.05) is 11.9 Å². The maximum absolute atomic E-state index is 12.4. The molecular weight excluding hydrogens is 294 g/mol. The number of anilines is 1. The van der Waals surface area contributed by atoms with Gasteiger partial charge in [-0.2, -0.15) is 0 Å². The summed E-state index contributed by atoms with van der Waals surface area (Å²) < 4.78 is 1.92. The standard InChI is InChI=1S/C17H21N3O3/c1-2-10(18)8-19-11-3-6-13-15(7-11)20(12-4-5-12)9-14(16(13)21)17(22)23/h3,6-7,9-10,12,19H,2,4-5,8,18H2,1H3,(H,22,23). The first-order chi connectivity index (χ1) is 11.0. The van der Waals surface area contributed by atoms with Gasteiger partial charge < -0.3 is 20.7 Å². The highest BCUT2D eigenvalue weighted by molar-refractivity contribution is 5.93. The van der Waals surface area contributed by atoms with Crippen LogP contribution in [0.25, 0.3) is 10.9 Å². The fraction of sp³-hybridized carbons (Fsp3) is 0.412. The summed E-state index contributed by atoms with van der Waals surface area (Å²) in [5.41, 5.74) is 6.98. The zero-order valence-corrected chi connectivity index (χ0v) is 13.1. The van der Waals surface area contributed by atoms with Gasteiger partial charge in [-0.15, -0.1) is 0 Å². The lowest BCUT2D eigenvalue weighted by Gasteiger charge is -2.15. The Bertz CT molecular complexity index is 809. The second-order valence-corrected chi connectivity index (χ2v) is 6.10. The average Bonchev–Trinajstić information content (AvgIpc) is 3.37. The Hall–Kier alpha value is -2.34. The quantitative estimate of drug-likeness (QED) is 0.759. The second-order valence-electron chi connectivity index (χ2n) is 6.10. The molecule has 2 aromatic rings. The van der Waals surface area contributed by atoms with Crippen molar-refractivity contribution >= 4 is 22.6 Å². The molecule has 1 saturated carbocycles. The van der Waals surface area contributed by atoms with E-state index in [-0.39, 0.29) is 17.6 Å². The minimum atomic E-state index is -1.18. The molecule has 1 aliphatic carbocycles. The number of hydrogen-bond acceptors (Lipinski definition) is 4. The molecule has 3 rings (SSSR count). The highest BCUT2D eigenvalue weighted by atomic mass is 16.4. The fourth-order valence-corrected chi connectivity index (χ4v) is 2.66. The lowest BCUT2D eigenvalue weighted by molar-refractivity contribution is 0.0695. The van der Waals surface area contributed by atoms with E-state index in [1.54, 1.807) is 12.1 Å². The van der Waals surface area contributed by atoms with Gasteiger partial charge in [-0.1, -0.05) is 6.92 Å². The zero-order valence-electron chi connectivity index (χ0n) is 13.1. The van der Waals surface area contributed by atoms with Crippen LogP contribution in [0.15, 0.2) is 29.2 Å². The third kappa shape index (κ3) is 3.07. The van der Waals surface area contributed by atoms with Crippen molar-refractivity contribution in [2.45, 2.75) is 38.3 Å². The Morgan fingerprint density at radius 2 is 2.22 bits per heavy atom. The molecule has 0 radical (unpaired) electrons. The van der Waals surface area contributed by atoms with E-state index in [0.717, 1.165) is 30.5 Å². The summed E-state index contributed by atoms with van der Waals surface area (Å²) in [5, 5.41) is 13.0. The van der Waals surface area contributed by atoms with E-state index in [1.807, 2.05) is 17.6 Å². The number of rotatable bonds is 6. The number of carbonyl (C=O) groups is 1. The maximum atomic E-state index is 12.4. The number of nitrogens with two attached hydrogens (primary N) is 1. The van der Waals surface area contributed by atoms with Crippen LogP contribution in [0, 0.1) is 0 Å². The van der Waals surface area contributed by atoms with Crippen molar-refractivity contribution in [2.24, 2.45) is 5.73 Å². The van der Waals surface area contributed by atoms with E-state index in [0.29, 0.717) is 11.9 Å². The lowest BCUT2D eigenvalue weighted by atomic mass is 10.1. The van der Waals surface area contributed by atoms with E-state index in [4.69, 9.17) is 5.73 Å². The minimum absolute atomic E-state index is 0.0747. The van der Waals surface area contributed by atoms with Crippen molar-refractivity contribution < 1.29 is 9.90 Å². The fourth-order valence-electron chi connectivity index (χ4n) is 2.66. The number of benzene rings is 1. The monoisotopic (exact) mass is 315 g/mol. The molecule has 0 bridgehead atoms. The molecule has 1 heterocycles. The minimum Gasteiger partial charge on any atom is -0.477 e. The number of nitrogens with one attached hydrogen (secondary N) is 1. The van der Waals surface area contributed by atoms with E-state index in [1.165, 1.54) is 6.20 Å². The van der Waals surface area contributed by atoms with Crippen LogP contribution in [0.3, 0.4) is 0 Å². The largest absolute Gasteiger partial charge is 0.477 e. The van der Waals surface area contributed by atoms with Crippen LogP contribution in [0.5, 0.6) is 0 Å². The molecule has 1 aromatic heterocycles. The number of aromatic nitrogens is 1. The predicted octanol–water partition coefficient (Wildman–Crippen LogP) is 2.18. The van der Waals surface area contributed by atoms with Crippen LogP contribution in [0.2, 0.25) is 0 Å². The first-order valence-electron chi connectivity index (χ1n) is 7.93. The Morgan fingerprint density at radius 3 is 2.83 bits per heavy atom. The number of aromatic carboxylic acids is 1. The van der Waals surface area contributed by atoms with Gasteiger partial charge in [0.25, 0.3) is 0 Å². The second kappa shape index (κ2) is 6.04. The first-order valence-corrected chi connectivity index (χ1v) is 7.93. The Morgan fingerprint density at radius 1 is 1.48 bits per heavy atom. The summed E-state index contributed by atoms with van der Waals surface area (Å²) in [6.45, 7) is 2.69. The summed E-state index contributed by atoms with van der Waals surface area (Å²) in [6.07, 6.45) is 4.38. The Labute approximate surface area is 133 Å². The summed E-state index contributed by atoms with van der Waals surface area (Å²) in [7, 11) is 0. The molecule has 0 aliphatic heterocycles.